The first-order chi connectivity index (χ1) is 9.76. The van der Waals surface area contributed by atoms with Crippen molar-refractivity contribution in [1.29, 1.82) is 5.26 Å². The van der Waals surface area contributed by atoms with Crippen LogP contribution in [0.1, 0.15) is 31.7 Å². The summed E-state index contributed by atoms with van der Waals surface area (Å²) in [4.78, 5) is 5.12. The summed E-state index contributed by atoms with van der Waals surface area (Å²) in [7, 11) is 0. The van der Waals surface area contributed by atoms with Gasteiger partial charge in [-0.15, -0.1) is 0 Å². The Morgan fingerprint density at radius 1 is 1.05 bits per heavy atom. The van der Waals surface area contributed by atoms with E-state index < -0.39 is 0 Å². The second-order valence-electron chi connectivity index (χ2n) is 6.25. The molecule has 0 bridgehead atoms. The third-order valence-corrected chi connectivity index (χ3v) is 4.86. The Labute approximate surface area is 121 Å². The molecule has 0 aromatic heterocycles. The number of rotatable bonds is 2. The van der Waals surface area contributed by atoms with Crippen LogP contribution < -0.4 is 4.90 Å². The van der Waals surface area contributed by atoms with Crippen molar-refractivity contribution in [1.82, 2.24) is 4.90 Å². The summed E-state index contributed by atoms with van der Waals surface area (Å²) >= 11 is 0. The van der Waals surface area contributed by atoms with Crippen LogP contribution >= 0.6 is 0 Å². The Bertz CT molecular complexity index is 480. The van der Waals surface area contributed by atoms with Gasteiger partial charge < -0.3 is 4.90 Å². The Balaban J connectivity index is 1.56. The summed E-state index contributed by atoms with van der Waals surface area (Å²) < 4.78 is 0. The summed E-state index contributed by atoms with van der Waals surface area (Å²) in [5.41, 5.74) is 2.00. The Kier molecular flexibility index (Phi) is 3.93. The maximum absolute atomic E-state index is 8.85. The standard InChI is InChI=1S/C17H23N3/c1-14-2-5-17(12-14)20-10-8-19(9-11-20)16-6-3-15(13-18)4-7-16/h3-4,6-7,14,17H,2,5,8-12H2,1H3/t14-,17+/m0/s1. The lowest BCUT2D eigenvalue weighted by molar-refractivity contribution is 0.184. The van der Waals surface area contributed by atoms with Gasteiger partial charge in [-0.3, -0.25) is 4.90 Å². The minimum absolute atomic E-state index is 0.743. The molecule has 2 atom stereocenters. The van der Waals surface area contributed by atoms with E-state index in [1.165, 1.54) is 38.0 Å². The quantitative estimate of drug-likeness (QED) is 0.827. The van der Waals surface area contributed by atoms with Gasteiger partial charge in [0.05, 0.1) is 11.6 Å². The summed E-state index contributed by atoms with van der Waals surface area (Å²) in [6.45, 7) is 6.95. The van der Waals surface area contributed by atoms with Crippen molar-refractivity contribution in [3.05, 3.63) is 29.8 Å². The van der Waals surface area contributed by atoms with Gasteiger partial charge in [0, 0.05) is 37.9 Å². The average Bonchev–Trinajstić information content (AvgIpc) is 2.94. The first-order valence-corrected chi connectivity index (χ1v) is 7.75. The van der Waals surface area contributed by atoms with E-state index in [2.05, 4.69) is 34.9 Å². The van der Waals surface area contributed by atoms with E-state index in [1.807, 2.05) is 12.1 Å². The topological polar surface area (TPSA) is 30.3 Å². The van der Waals surface area contributed by atoms with E-state index in [0.29, 0.717) is 0 Å². The van der Waals surface area contributed by atoms with E-state index >= 15 is 0 Å². The molecule has 3 nitrogen and oxygen atoms in total. The normalized spacial score (nSPS) is 27.5. The first-order valence-electron chi connectivity index (χ1n) is 7.75. The third kappa shape index (κ3) is 2.81. The van der Waals surface area contributed by atoms with Crippen molar-refractivity contribution in [2.24, 2.45) is 5.92 Å². The monoisotopic (exact) mass is 269 g/mol. The van der Waals surface area contributed by atoms with Gasteiger partial charge in [-0.05, 0) is 49.4 Å². The molecule has 1 saturated heterocycles. The smallest absolute Gasteiger partial charge is 0.0991 e. The Morgan fingerprint density at radius 2 is 1.75 bits per heavy atom. The predicted molar refractivity (Wildman–Crippen MR) is 81.7 cm³/mol. The highest BCUT2D eigenvalue weighted by molar-refractivity contribution is 5.50. The maximum atomic E-state index is 8.85. The largest absolute Gasteiger partial charge is 0.369 e. The molecule has 0 unspecified atom stereocenters. The summed E-state index contributed by atoms with van der Waals surface area (Å²) in [5.74, 6) is 0.913. The molecule has 1 aromatic rings. The van der Waals surface area contributed by atoms with Crippen molar-refractivity contribution in [2.45, 2.75) is 32.2 Å². The number of anilines is 1. The second kappa shape index (κ2) is 5.85. The number of benzene rings is 1. The van der Waals surface area contributed by atoms with Crippen LogP contribution in [0.15, 0.2) is 24.3 Å². The van der Waals surface area contributed by atoms with Crippen molar-refractivity contribution in [3.8, 4) is 6.07 Å². The highest BCUT2D eigenvalue weighted by atomic mass is 15.3. The van der Waals surface area contributed by atoms with Crippen LogP contribution in [0.4, 0.5) is 5.69 Å². The molecule has 1 aliphatic carbocycles. The predicted octanol–water partition coefficient (Wildman–Crippen LogP) is 2.87. The van der Waals surface area contributed by atoms with Crippen LogP contribution in [0, 0.1) is 17.2 Å². The van der Waals surface area contributed by atoms with E-state index in [9.17, 15) is 0 Å². The molecule has 1 saturated carbocycles. The lowest BCUT2D eigenvalue weighted by Crippen LogP contribution is -2.49. The molecule has 0 spiro atoms. The lowest BCUT2D eigenvalue weighted by atomic mass is 10.1. The highest BCUT2D eigenvalue weighted by Crippen LogP contribution is 2.29. The molecule has 1 aromatic carbocycles. The molecular formula is C17H23N3. The lowest BCUT2D eigenvalue weighted by Gasteiger charge is -2.39. The van der Waals surface area contributed by atoms with Gasteiger partial charge in [0.15, 0.2) is 0 Å². The Hall–Kier alpha value is -1.53. The molecule has 1 aliphatic heterocycles. The van der Waals surface area contributed by atoms with Crippen molar-refractivity contribution < 1.29 is 0 Å². The zero-order valence-electron chi connectivity index (χ0n) is 12.3. The van der Waals surface area contributed by atoms with Gasteiger partial charge in [0.25, 0.3) is 0 Å². The SMILES string of the molecule is C[C@H]1CC[C@@H](N2CCN(c3ccc(C#N)cc3)CC2)C1. The molecule has 0 radical (unpaired) electrons. The molecule has 20 heavy (non-hydrogen) atoms. The van der Waals surface area contributed by atoms with Crippen LogP contribution in [0.3, 0.4) is 0 Å². The molecule has 3 heteroatoms. The third-order valence-electron chi connectivity index (χ3n) is 4.86. The average molecular weight is 269 g/mol. The number of piperazine rings is 1. The van der Waals surface area contributed by atoms with Gasteiger partial charge in [0.1, 0.15) is 0 Å². The zero-order valence-corrected chi connectivity index (χ0v) is 12.3. The minimum Gasteiger partial charge on any atom is -0.369 e. The van der Waals surface area contributed by atoms with Crippen molar-refractivity contribution in [2.75, 3.05) is 31.1 Å². The van der Waals surface area contributed by atoms with E-state index in [4.69, 9.17) is 5.26 Å². The van der Waals surface area contributed by atoms with Gasteiger partial charge in [0.2, 0.25) is 0 Å². The van der Waals surface area contributed by atoms with E-state index in [-0.39, 0.29) is 0 Å². The fourth-order valence-corrected chi connectivity index (χ4v) is 3.60. The van der Waals surface area contributed by atoms with Crippen LogP contribution in [0.2, 0.25) is 0 Å². The Morgan fingerprint density at radius 3 is 2.30 bits per heavy atom. The number of nitrogens with zero attached hydrogens (tertiary/aromatic N) is 3. The number of nitriles is 1. The zero-order chi connectivity index (χ0) is 13.9. The highest BCUT2D eigenvalue weighted by Gasteiger charge is 2.29. The maximum Gasteiger partial charge on any atom is 0.0991 e. The summed E-state index contributed by atoms with van der Waals surface area (Å²) in [6, 6.07) is 11.0. The fraction of sp³-hybridized carbons (Fsp3) is 0.588. The first kappa shape index (κ1) is 13.5. The number of hydrogen-bond acceptors (Lipinski definition) is 3. The van der Waals surface area contributed by atoms with E-state index in [0.717, 1.165) is 30.6 Å². The number of hydrogen-bond donors (Lipinski definition) is 0. The van der Waals surface area contributed by atoms with Crippen LogP contribution in [-0.4, -0.2) is 37.1 Å². The van der Waals surface area contributed by atoms with Gasteiger partial charge >= 0.3 is 0 Å². The molecular weight excluding hydrogens is 246 g/mol. The molecule has 0 amide bonds. The minimum atomic E-state index is 0.743. The van der Waals surface area contributed by atoms with Gasteiger partial charge in [-0.2, -0.15) is 5.26 Å². The molecule has 0 N–H and O–H groups in total. The summed E-state index contributed by atoms with van der Waals surface area (Å²) in [5, 5.41) is 8.85. The molecule has 1 heterocycles. The fourth-order valence-electron chi connectivity index (χ4n) is 3.60. The molecule has 106 valence electrons. The molecule has 2 aliphatic rings. The molecule has 2 fully saturated rings. The summed E-state index contributed by atoms with van der Waals surface area (Å²) in [6.07, 6.45) is 4.18. The van der Waals surface area contributed by atoms with Gasteiger partial charge in [-0.1, -0.05) is 6.92 Å². The van der Waals surface area contributed by atoms with Crippen molar-refractivity contribution >= 4 is 5.69 Å². The van der Waals surface area contributed by atoms with Crippen LogP contribution in [0.25, 0.3) is 0 Å². The van der Waals surface area contributed by atoms with Crippen LogP contribution in [-0.2, 0) is 0 Å². The van der Waals surface area contributed by atoms with Crippen molar-refractivity contribution in [3.63, 3.8) is 0 Å². The second-order valence-corrected chi connectivity index (χ2v) is 6.25. The van der Waals surface area contributed by atoms with Crippen LogP contribution in [0.5, 0.6) is 0 Å². The van der Waals surface area contributed by atoms with Gasteiger partial charge in [-0.25, -0.2) is 0 Å². The van der Waals surface area contributed by atoms with E-state index in [1.54, 1.807) is 0 Å². The molecule has 3 rings (SSSR count).